The third kappa shape index (κ3) is 2.46. The zero-order valence-corrected chi connectivity index (χ0v) is 9.40. The van der Waals surface area contributed by atoms with Crippen molar-refractivity contribution < 1.29 is 0 Å². The number of hydrogen-bond donors (Lipinski definition) is 2. The van der Waals surface area contributed by atoms with E-state index in [0.29, 0.717) is 0 Å². The molecule has 0 radical (unpaired) electrons. The SMILES string of the molecule is CCNCCNc1nncc2ccccc12. The van der Waals surface area contributed by atoms with E-state index in [9.17, 15) is 0 Å². The molecule has 0 fully saturated rings. The number of anilines is 1. The Balaban J connectivity index is 2.11. The van der Waals surface area contributed by atoms with Crippen molar-refractivity contribution in [1.82, 2.24) is 15.5 Å². The molecule has 0 aliphatic heterocycles. The van der Waals surface area contributed by atoms with Gasteiger partial charge in [-0.3, -0.25) is 0 Å². The summed E-state index contributed by atoms with van der Waals surface area (Å²) in [4.78, 5) is 0. The second-order valence-corrected chi connectivity index (χ2v) is 3.56. The molecule has 84 valence electrons. The first kappa shape index (κ1) is 10.8. The summed E-state index contributed by atoms with van der Waals surface area (Å²) in [7, 11) is 0. The molecule has 0 bridgehead atoms. The van der Waals surface area contributed by atoms with Gasteiger partial charge in [-0.15, -0.1) is 5.10 Å². The smallest absolute Gasteiger partial charge is 0.156 e. The molecule has 0 amide bonds. The lowest BCUT2D eigenvalue weighted by Crippen LogP contribution is -2.22. The van der Waals surface area contributed by atoms with Crippen LogP contribution in [0, 0.1) is 0 Å². The quantitative estimate of drug-likeness (QED) is 0.746. The summed E-state index contributed by atoms with van der Waals surface area (Å²) in [5.74, 6) is 0.857. The summed E-state index contributed by atoms with van der Waals surface area (Å²) in [5.41, 5.74) is 0. The molecule has 0 aliphatic carbocycles. The van der Waals surface area contributed by atoms with Crippen LogP contribution in [0.1, 0.15) is 6.92 Å². The van der Waals surface area contributed by atoms with Crippen LogP contribution >= 0.6 is 0 Å². The van der Waals surface area contributed by atoms with E-state index >= 15 is 0 Å². The van der Waals surface area contributed by atoms with Gasteiger partial charge >= 0.3 is 0 Å². The third-order valence-corrected chi connectivity index (χ3v) is 2.41. The second kappa shape index (κ2) is 5.42. The van der Waals surface area contributed by atoms with Crippen molar-refractivity contribution in [3.8, 4) is 0 Å². The van der Waals surface area contributed by atoms with Crippen molar-refractivity contribution >= 4 is 16.6 Å². The highest BCUT2D eigenvalue weighted by Crippen LogP contribution is 2.18. The van der Waals surface area contributed by atoms with Gasteiger partial charge in [-0.05, 0) is 6.54 Å². The van der Waals surface area contributed by atoms with E-state index in [1.54, 1.807) is 6.20 Å². The third-order valence-electron chi connectivity index (χ3n) is 2.41. The molecule has 0 unspecified atom stereocenters. The van der Waals surface area contributed by atoms with Crippen molar-refractivity contribution in [1.29, 1.82) is 0 Å². The maximum Gasteiger partial charge on any atom is 0.156 e. The number of benzene rings is 1. The van der Waals surface area contributed by atoms with Crippen molar-refractivity contribution in [2.75, 3.05) is 25.0 Å². The molecule has 4 nitrogen and oxygen atoms in total. The largest absolute Gasteiger partial charge is 0.367 e. The summed E-state index contributed by atoms with van der Waals surface area (Å²) in [6, 6.07) is 8.12. The Morgan fingerprint density at radius 3 is 2.94 bits per heavy atom. The highest BCUT2D eigenvalue weighted by Gasteiger charge is 2.00. The maximum absolute atomic E-state index is 4.12. The molecule has 0 saturated carbocycles. The van der Waals surface area contributed by atoms with Crippen LogP contribution < -0.4 is 10.6 Å². The molecule has 16 heavy (non-hydrogen) atoms. The van der Waals surface area contributed by atoms with E-state index in [1.165, 1.54) is 0 Å². The lowest BCUT2D eigenvalue weighted by atomic mass is 10.2. The normalized spacial score (nSPS) is 10.6. The Bertz CT molecular complexity index is 450. The Morgan fingerprint density at radius 1 is 1.19 bits per heavy atom. The molecular formula is C12H16N4. The average Bonchev–Trinajstić information content (AvgIpc) is 2.35. The fourth-order valence-corrected chi connectivity index (χ4v) is 1.60. The van der Waals surface area contributed by atoms with Crippen molar-refractivity contribution in [2.24, 2.45) is 0 Å². The highest BCUT2D eigenvalue weighted by molar-refractivity contribution is 5.90. The minimum absolute atomic E-state index is 0.857. The van der Waals surface area contributed by atoms with Crippen LogP contribution in [0.15, 0.2) is 30.5 Å². The summed E-state index contributed by atoms with van der Waals surface area (Å²) in [5, 5.41) is 16.9. The van der Waals surface area contributed by atoms with Gasteiger partial charge < -0.3 is 10.6 Å². The van der Waals surface area contributed by atoms with Gasteiger partial charge in [0.15, 0.2) is 5.82 Å². The van der Waals surface area contributed by atoms with E-state index in [1.807, 2.05) is 18.2 Å². The number of rotatable bonds is 5. The van der Waals surface area contributed by atoms with Gasteiger partial charge in [0.1, 0.15) is 0 Å². The standard InChI is InChI=1S/C12H16N4/c1-2-13-7-8-14-12-11-6-4-3-5-10(11)9-15-16-12/h3-6,9,13H,2,7-8H2,1H3,(H,14,16). The Labute approximate surface area is 95.1 Å². The van der Waals surface area contributed by atoms with Crippen molar-refractivity contribution in [3.63, 3.8) is 0 Å². The van der Waals surface area contributed by atoms with Crippen LogP contribution in [0.3, 0.4) is 0 Å². The van der Waals surface area contributed by atoms with Crippen LogP contribution in [-0.2, 0) is 0 Å². The molecule has 1 aromatic carbocycles. The molecule has 0 spiro atoms. The average molecular weight is 216 g/mol. The lowest BCUT2D eigenvalue weighted by molar-refractivity contribution is 0.737. The van der Waals surface area contributed by atoms with Crippen LogP contribution in [0.5, 0.6) is 0 Å². The molecule has 1 heterocycles. The minimum atomic E-state index is 0.857. The van der Waals surface area contributed by atoms with E-state index in [2.05, 4.69) is 33.8 Å². The summed E-state index contributed by atoms with van der Waals surface area (Å²) >= 11 is 0. The van der Waals surface area contributed by atoms with Crippen LogP contribution in [0.4, 0.5) is 5.82 Å². The van der Waals surface area contributed by atoms with Crippen LogP contribution in [0.2, 0.25) is 0 Å². The van der Waals surface area contributed by atoms with Crippen LogP contribution in [0.25, 0.3) is 10.8 Å². The molecular weight excluding hydrogens is 200 g/mol. The van der Waals surface area contributed by atoms with E-state index in [0.717, 1.165) is 36.2 Å². The monoisotopic (exact) mass is 216 g/mol. The van der Waals surface area contributed by atoms with Gasteiger partial charge in [-0.2, -0.15) is 5.10 Å². The molecule has 4 heteroatoms. The molecule has 1 aromatic heterocycles. The minimum Gasteiger partial charge on any atom is -0.367 e. The number of hydrogen-bond acceptors (Lipinski definition) is 4. The Morgan fingerprint density at radius 2 is 2.06 bits per heavy atom. The second-order valence-electron chi connectivity index (χ2n) is 3.56. The highest BCUT2D eigenvalue weighted by atomic mass is 15.2. The van der Waals surface area contributed by atoms with Crippen molar-refractivity contribution in [3.05, 3.63) is 30.5 Å². The first-order valence-electron chi connectivity index (χ1n) is 5.57. The summed E-state index contributed by atoms with van der Waals surface area (Å²) in [6.07, 6.45) is 1.78. The van der Waals surface area contributed by atoms with Gasteiger partial charge in [0.05, 0.1) is 6.20 Å². The molecule has 2 N–H and O–H groups in total. The van der Waals surface area contributed by atoms with Gasteiger partial charge in [0.25, 0.3) is 0 Å². The number of fused-ring (bicyclic) bond motifs is 1. The van der Waals surface area contributed by atoms with E-state index < -0.39 is 0 Å². The Hall–Kier alpha value is -1.68. The fourth-order valence-electron chi connectivity index (χ4n) is 1.60. The molecule has 0 aliphatic rings. The summed E-state index contributed by atoms with van der Waals surface area (Å²) in [6.45, 7) is 4.87. The first-order chi connectivity index (χ1) is 7.92. The fraction of sp³-hybridized carbons (Fsp3) is 0.333. The summed E-state index contributed by atoms with van der Waals surface area (Å²) < 4.78 is 0. The first-order valence-corrected chi connectivity index (χ1v) is 5.57. The predicted molar refractivity (Wildman–Crippen MR) is 66.6 cm³/mol. The van der Waals surface area contributed by atoms with Gasteiger partial charge in [-0.1, -0.05) is 31.2 Å². The topological polar surface area (TPSA) is 49.8 Å². The molecule has 2 rings (SSSR count). The maximum atomic E-state index is 4.12. The number of nitrogens with zero attached hydrogens (tertiary/aromatic N) is 2. The Kier molecular flexibility index (Phi) is 3.66. The van der Waals surface area contributed by atoms with Crippen LogP contribution in [-0.4, -0.2) is 29.8 Å². The zero-order valence-electron chi connectivity index (χ0n) is 9.40. The molecule has 0 atom stereocenters. The zero-order chi connectivity index (χ0) is 11.2. The molecule has 2 aromatic rings. The van der Waals surface area contributed by atoms with Gasteiger partial charge in [0, 0.05) is 23.9 Å². The predicted octanol–water partition coefficient (Wildman–Crippen LogP) is 1.65. The number of aromatic nitrogens is 2. The van der Waals surface area contributed by atoms with E-state index in [-0.39, 0.29) is 0 Å². The van der Waals surface area contributed by atoms with Gasteiger partial charge in [-0.25, -0.2) is 0 Å². The lowest BCUT2D eigenvalue weighted by Gasteiger charge is -2.07. The number of nitrogens with one attached hydrogen (secondary N) is 2. The molecule has 0 saturated heterocycles. The number of likely N-dealkylation sites (N-methyl/N-ethyl adjacent to an activating group) is 1. The van der Waals surface area contributed by atoms with Crippen molar-refractivity contribution in [2.45, 2.75) is 6.92 Å². The van der Waals surface area contributed by atoms with E-state index in [4.69, 9.17) is 0 Å². The van der Waals surface area contributed by atoms with Gasteiger partial charge in [0.2, 0.25) is 0 Å².